The maximum Gasteiger partial charge on any atom is 0.317 e. The molecule has 0 aliphatic heterocycles. The summed E-state index contributed by atoms with van der Waals surface area (Å²) in [4.78, 5) is 38.9. The van der Waals surface area contributed by atoms with Crippen molar-refractivity contribution in [2.75, 3.05) is 26.7 Å². The summed E-state index contributed by atoms with van der Waals surface area (Å²) in [5.41, 5.74) is 0.545. The van der Waals surface area contributed by atoms with E-state index in [1.807, 2.05) is 51.1 Å². The Balaban J connectivity index is 3.01. The summed E-state index contributed by atoms with van der Waals surface area (Å²) >= 11 is 0. The second kappa shape index (κ2) is 14.6. The van der Waals surface area contributed by atoms with Crippen molar-refractivity contribution in [2.45, 2.75) is 72.1 Å². The first-order valence-electron chi connectivity index (χ1n) is 12.4. The maximum atomic E-state index is 13.0. The van der Waals surface area contributed by atoms with Gasteiger partial charge in [0.05, 0.1) is 24.6 Å². The Morgan fingerprint density at radius 1 is 1.06 bits per heavy atom. The number of urea groups is 2. The molecule has 3 atom stereocenters. The first kappa shape index (κ1) is 30.2. The molecule has 1 aromatic rings. The molecule has 198 valence electrons. The first-order valence-corrected chi connectivity index (χ1v) is 12.4. The summed E-state index contributed by atoms with van der Waals surface area (Å²) in [6.45, 7) is 12.4. The molecule has 0 aliphatic rings. The van der Waals surface area contributed by atoms with E-state index in [4.69, 9.17) is 0 Å². The molecule has 9 nitrogen and oxygen atoms in total. The first-order chi connectivity index (χ1) is 16.3. The van der Waals surface area contributed by atoms with Crippen LogP contribution >= 0.6 is 0 Å². The van der Waals surface area contributed by atoms with E-state index in [1.54, 1.807) is 11.8 Å². The van der Waals surface area contributed by atoms with Crippen molar-refractivity contribution < 1.29 is 19.5 Å². The molecule has 0 saturated heterocycles. The van der Waals surface area contributed by atoms with Crippen molar-refractivity contribution in [1.82, 2.24) is 26.2 Å². The number of nitrogens with one attached hydrogen (secondary N) is 4. The van der Waals surface area contributed by atoms with Gasteiger partial charge in [0, 0.05) is 25.7 Å². The monoisotopic (exact) mass is 491 g/mol. The molecule has 0 unspecified atom stereocenters. The van der Waals surface area contributed by atoms with E-state index in [2.05, 4.69) is 35.1 Å². The third-order valence-corrected chi connectivity index (χ3v) is 5.49. The van der Waals surface area contributed by atoms with Crippen LogP contribution in [0.3, 0.4) is 0 Å². The predicted octanol–water partition coefficient (Wildman–Crippen LogP) is 2.50. The molecule has 5 amide bonds. The molecule has 9 heteroatoms. The van der Waals surface area contributed by atoms with Gasteiger partial charge < -0.3 is 31.3 Å². The molecule has 0 saturated carbocycles. The van der Waals surface area contributed by atoms with Crippen LogP contribution in [0.15, 0.2) is 30.3 Å². The van der Waals surface area contributed by atoms with E-state index in [1.165, 1.54) is 7.05 Å². The van der Waals surface area contributed by atoms with E-state index >= 15 is 0 Å². The van der Waals surface area contributed by atoms with Gasteiger partial charge in [-0.1, -0.05) is 51.1 Å². The van der Waals surface area contributed by atoms with Crippen LogP contribution in [0.5, 0.6) is 0 Å². The smallest absolute Gasteiger partial charge is 0.317 e. The Morgan fingerprint density at radius 2 is 1.69 bits per heavy atom. The van der Waals surface area contributed by atoms with Gasteiger partial charge in [-0.2, -0.15) is 0 Å². The van der Waals surface area contributed by atoms with Crippen LogP contribution in [-0.2, 0) is 11.2 Å². The lowest BCUT2D eigenvalue weighted by molar-refractivity contribution is -0.126. The highest BCUT2D eigenvalue weighted by atomic mass is 16.3. The number of aliphatic hydroxyl groups is 1. The van der Waals surface area contributed by atoms with Crippen molar-refractivity contribution in [3.63, 3.8) is 0 Å². The number of hydrogen-bond acceptors (Lipinski definition) is 4. The minimum absolute atomic E-state index is 0.0806. The largest absolute Gasteiger partial charge is 0.389 e. The van der Waals surface area contributed by atoms with Gasteiger partial charge in [0.25, 0.3) is 0 Å². The van der Waals surface area contributed by atoms with Crippen molar-refractivity contribution in [3.05, 3.63) is 35.9 Å². The van der Waals surface area contributed by atoms with E-state index < -0.39 is 23.6 Å². The molecule has 5 N–H and O–H groups in total. The Bertz CT molecular complexity index is 795. The number of nitrogens with zero attached hydrogens (tertiary/aromatic N) is 1. The molecule has 0 heterocycles. The summed E-state index contributed by atoms with van der Waals surface area (Å²) < 4.78 is 0. The van der Waals surface area contributed by atoms with Gasteiger partial charge >= 0.3 is 12.1 Å². The van der Waals surface area contributed by atoms with Crippen LogP contribution < -0.4 is 21.3 Å². The highest BCUT2D eigenvalue weighted by molar-refractivity contribution is 5.80. The van der Waals surface area contributed by atoms with Crippen LogP contribution in [0.2, 0.25) is 0 Å². The Kier molecular flexibility index (Phi) is 12.6. The van der Waals surface area contributed by atoms with E-state index in [-0.39, 0.29) is 31.1 Å². The normalized spacial score (nSPS) is 14.0. The third kappa shape index (κ3) is 12.5. The lowest BCUT2D eigenvalue weighted by Gasteiger charge is -2.33. The third-order valence-electron chi connectivity index (χ3n) is 5.49. The fourth-order valence-electron chi connectivity index (χ4n) is 3.35. The standard InChI is InChI=1S/C26H45N5O4/c1-18(2)13-14-31(25(35)30-26(4,5)6)17-22(32)21(15-20-11-9-8-10-12-20)29-23(33)19(3)16-28-24(34)27-7/h8-12,18-19,21-22,32H,13-17H2,1-7H3,(H,29,33)(H,30,35)(H2,27,28,34)/t19-,21+,22-/m1/s1. The van der Waals surface area contributed by atoms with E-state index in [0.29, 0.717) is 18.9 Å². The van der Waals surface area contributed by atoms with Crippen molar-refractivity contribution >= 4 is 18.0 Å². The minimum Gasteiger partial charge on any atom is -0.389 e. The zero-order valence-corrected chi connectivity index (χ0v) is 22.4. The zero-order valence-electron chi connectivity index (χ0n) is 22.4. The van der Waals surface area contributed by atoms with Crippen molar-refractivity contribution in [3.8, 4) is 0 Å². The van der Waals surface area contributed by atoms with Crippen LogP contribution in [0.1, 0.15) is 53.5 Å². The van der Waals surface area contributed by atoms with Gasteiger partial charge in [-0.3, -0.25) is 4.79 Å². The molecule has 0 fully saturated rings. The summed E-state index contributed by atoms with van der Waals surface area (Å²) in [6.07, 6.45) is 0.209. The number of aliphatic hydroxyl groups excluding tert-OH is 1. The van der Waals surface area contributed by atoms with Crippen LogP contribution in [-0.4, -0.2) is 72.3 Å². The average molecular weight is 492 g/mol. The topological polar surface area (TPSA) is 123 Å². The van der Waals surface area contributed by atoms with Gasteiger partial charge in [0.1, 0.15) is 0 Å². The molecular formula is C26H45N5O4. The van der Waals surface area contributed by atoms with Crippen molar-refractivity contribution in [2.24, 2.45) is 11.8 Å². The quantitative estimate of drug-likeness (QED) is 0.308. The Morgan fingerprint density at radius 3 is 2.23 bits per heavy atom. The number of carbonyl (C=O) groups excluding carboxylic acids is 3. The molecule has 0 aliphatic carbocycles. The second-order valence-corrected chi connectivity index (χ2v) is 10.5. The molecule has 0 spiro atoms. The number of benzene rings is 1. The van der Waals surface area contributed by atoms with E-state index in [0.717, 1.165) is 12.0 Å². The number of hydrogen-bond donors (Lipinski definition) is 5. The van der Waals surface area contributed by atoms with Gasteiger partial charge in [0.2, 0.25) is 5.91 Å². The summed E-state index contributed by atoms with van der Waals surface area (Å²) in [7, 11) is 1.51. The molecule has 0 radical (unpaired) electrons. The van der Waals surface area contributed by atoms with Crippen LogP contribution in [0, 0.1) is 11.8 Å². The van der Waals surface area contributed by atoms with Crippen molar-refractivity contribution in [1.29, 1.82) is 0 Å². The molecule has 0 aromatic heterocycles. The average Bonchev–Trinajstić information content (AvgIpc) is 2.78. The van der Waals surface area contributed by atoms with Gasteiger partial charge in [0.15, 0.2) is 0 Å². The molecule has 1 rings (SSSR count). The second-order valence-electron chi connectivity index (χ2n) is 10.5. The Hall–Kier alpha value is -2.81. The van der Waals surface area contributed by atoms with E-state index in [9.17, 15) is 19.5 Å². The van der Waals surface area contributed by atoms with Crippen LogP contribution in [0.4, 0.5) is 9.59 Å². The number of rotatable bonds is 12. The highest BCUT2D eigenvalue weighted by Gasteiger charge is 2.29. The highest BCUT2D eigenvalue weighted by Crippen LogP contribution is 2.12. The molecule has 1 aromatic carbocycles. The molecule has 35 heavy (non-hydrogen) atoms. The predicted molar refractivity (Wildman–Crippen MR) is 139 cm³/mol. The maximum absolute atomic E-state index is 13.0. The van der Waals surface area contributed by atoms with Gasteiger partial charge in [-0.05, 0) is 45.1 Å². The fraction of sp³-hybridized carbons (Fsp3) is 0.654. The lowest BCUT2D eigenvalue weighted by atomic mass is 9.99. The summed E-state index contributed by atoms with van der Waals surface area (Å²) in [5, 5.41) is 22.2. The van der Waals surface area contributed by atoms with Gasteiger partial charge in [-0.25, -0.2) is 9.59 Å². The fourth-order valence-corrected chi connectivity index (χ4v) is 3.35. The number of carbonyl (C=O) groups is 3. The van der Waals surface area contributed by atoms with Crippen LogP contribution in [0.25, 0.3) is 0 Å². The summed E-state index contributed by atoms with van der Waals surface area (Å²) in [6, 6.07) is 8.36. The Labute approximate surface area is 210 Å². The SMILES string of the molecule is CNC(=O)NC[C@@H](C)C(=O)N[C@@H](Cc1ccccc1)[C@H](O)CN(CCC(C)C)C(=O)NC(C)(C)C. The molecule has 0 bridgehead atoms. The zero-order chi connectivity index (χ0) is 26.6. The molecular weight excluding hydrogens is 446 g/mol. The lowest BCUT2D eigenvalue weighted by Crippen LogP contribution is -2.55. The minimum atomic E-state index is -0.990. The number of amides is 5. The summed E-state index contributed by atoms with van der Waals surface area (Å²) in [5.74, 6) is -0.390. The van der Waals surface area contributed by atoms with Gasteiger partial charge in [-0.15, -0.1) is 0 Å².